The van der Waals surface area contributed by atoms with Crippen LogP contribution in [0.2, 0.25) is 0 Å². The van der Waals surface area contributed by atoms with Crippen LogP contribution in [-0.2, 0) is 0 Å². The van der Waals surface area contributed by atoms with E-state index in [1.807, 2.05) is 6.07 Å². The first-order chi connectivity index (χ1) is 7.74. The minimum absolute atomic E-state index is 0.588. The third kappa shape index (κ3) is 4.63. The average Bonchev–Trinajstić information content (AvgIpc) is 2.34. The quantitative estimate of drug-likeness (QED) is 0.765. The molecule has 2 unspecified atom stereocenters. The van der Waals surface area contributed by atoms with Gasteiger partial charge in [0, 0.05) is 12.6 Å². The molecule has 0 aliphatic rings. The molecule has 1 rings (SSSR count). The molecule has 0 saturated carbocycles. The Morgan fingerprint density at radius 2 is 1.88 bits per heavy atom. The summed E-state index contributed by atoms with van der Waals surface area (Å²) in [6.07, 6.45) is 5.58. The Bertz CT molecular complexity index is 302. The first kappa shape index (κ1) is 13.0. The maximum atomic E-state index is 3.52. The van der Waals surface area contributed by atoms with Crippen molar-refractivity contribution in [3.8, 4) is 0 Å². The SMILES string of the molecule is CCC(C)C(C)NCC=Cc1ccccc1. The maximum absolute atomic E-state index is 3.52. The molecule has 0 saturated heterocycles. The second-order valence-corrected chi connectivity index (χ2v) is 4.40. The van der Waals surface area contributed by atoms with Crippen LogP contribution < -0.4 is 5.32 Å². The predicted molar refractivity (Wildman–Crippen MR) is 72.4 cm³/mol. The Balaban J connectivity index is 2.28. The van der Waals surface area contributed by atoms with E-state index in [2.05, 4.69) is 62.5 Å². The molecular formula is C15H23N. The van der Waals surface area contributed by atoms with E-state index in [0.29, 0.717) is 6.04 Å². The fraction of sp³-hybridized carbons (Fsp3) is 0.467. The summed E-state index contributed by atoms with van der Waals surface area (Å²) in [4.78, 5) is 0. The van der Waals surface area contributed by atoms with Crippen LogP contribution in [-0.4, -0.2) is 12.6 Å². The second kappa shape index (κ2) is 7.24. The lowest BCUT2D eigenvalue weighted by Crippen LogP contribution is -2.31. The van der Waals surface area contributed by atoms with Crippen LogP contribution in [0, 0.1) is 5.92 Å². The second-order valence-electron chi connectivity index (χ2n) is 4.40. The summed E-state index contributed by atoms with van der Waals surface area (Å²) in [7, 11) is 0. The Morgan fingerprint density at radius 3 is 2.50 bits per heavy atom. The zero-order valence-corrected chi connectivity index (χ0v) is 10.6. The highest BCUT2D eigenvalue weighted by Gasteiger charge is 2.07. The fourth-order valence-electron chi connectivity index (χ4n) is 1.57. The molecule has 88 valence electrons. The van der Waals surface area contributed by atoms with Gasteiger partial charge in [0.1, 0.15) is 0 Å². The normalized spacial score (nSPS) is 15.2. The van der Waals surface area contributed by atoms with E-state index >= 15 is 0 Å². The topological polar surface area (TPSA) is 12.0 Å². The van der Waals surface area contributed by atoms with E-state index < -0.39 is 0 Å². The Labute approximate surface area is 99.6 Å². The van der Waals surface area contributed by atoms with Gasteiger partial charge >= 0.3 is 0 Å². The monoisotopic (exact) mass is 217 g/mol. The van der Waals surface area contributed by atoms with Crippen molar-refractivity contribution in [1.29, 1.82) is 0 Å². The molecule has 1 N–H and O–H groups in total. The standard InChI is InChI=1S/C15H23N/c1-4-13(2)14(3)16-12-8-11-15-9-6-5-7-10-15/h5-11,13-14,16H,4,12H2,1-3H3. The highest BCUT2D eigenvalue weighted by atomic mass is 14.9. The summed E-state index contributed by atoms with van der Waals surface area (Å²) in [6.45, 7) is 7.73. The van der Waals surface area contributed by atoms with Crippen molar-refractivity contribution >= 4 is 6.08 Å². The first-order valence-corrected chi connectivity index (χ1v) is 6.19. The lowest BCUT2D eigenvalue weighted by Gasteiger charge is -2.18. The van der Waals surface area contributed by atoms with Crippen molar-refractivity contribution in [2.24, 2.45) is 5.92 Å². The van der Waals surface area contributed by atoms with E-state index in [-0.39, 0.29) is 0 Å². The molecule has 16 heavy (non-hydrogen) atoms. The van der Waals surface area contributed by atoms with E-state index in [4.69, 9.17) is 0 Å². The van der Waals surface area contributed by atoms with Gasteiger partial charge in [-0.3, -0.25) is 0 Å². The largest absolute Gasteiger partial charge is 0.311 e. The number of benzene rings is 1. The van der Waals surface area contributed by atoms with Gasteiger partial charge in [0.15, 0.2) is 0 Å². The molecule has 0 aromatic heterocycles. The maximum Gasteiger partial charge on any atom is 0.0140 e. The molecule has 0 aliphatic heterocycles. The summed E-state index contributed by atoms with van der Waals surface area (Å²) < 4.78 is 0. The highest BCUT2D eigenvalue weighted by molar-refractivity contribution is 5.48. The van der Waals surface area contributed by atoms with Crippen LogP contribution in [0.1, 0.15) is 32.8 Å². The van der Waals surface area contributed by atoms with Gasteiger partial charge in [-0.15, -0.1) is 0 Å². The summed E-state index contributed by atoms with van der Waals surface area (Å²) in [5.41, 5.74) is 1.26. The molecule has 1 aromatic carbocycles. The minimum atomic E-state index is 0.588. The van der Waals surface area contributed by atoms with Crippen LogP contribution in [0.25, 0.3) is 6.08 Å². The molecular weight excluding hydrogens is 194 g/mol. The van der Waals surface area contributed by atoms with Crippen molar-refractivity contribution in [2.75, 3.05) is 6.54 Å². The van der Waals surface area contributed by atoms with Crippen molar-refractivity contribution in [3.05, 3.63) is 42.0 Å². The molecule has 0 radical (unpaired) electrons. The number of hydrogen-bond donors (Lipinski definition) is 1. The van der Waals surface area contributed by atoms with Crippen molar-refractivity contribution in [1.82, 2.24) is 5.32 Å². The number of nitrogens with one attached hydrogen (secondary N) is 1. The van der Waals surface area contributed by atoms with Gasteiger partial charge in [-0.05, 0) is 18.4 Å². The highest BCUT2D eigenvalue weighted by Crippen LogP contribution is 2.06. The van der Waals surface area contributed by atoms with Gasteiger partial charge in [-0.1, -0.05) is 62.8 Å². The van der Waals surface area contributed by atoms with E-state index in [1.165, 1.54) is 12.0 Å². The van der Waals surface area contributed by atoms with Crippen LogP contribution in [0.4, 0.5) is 0 Å². The van der Waals surface area contributed by atoms with Crippen molar-refractivity contribution < 1.29 is 0 Å². The Morgan fingerprint density at radius 1 is 1.19 bits per heavy atom. The van der Waals surface area contributed by atoms with Gasteiger partial charge in [-0.2, -0.15) is 0 Å². The zero-order valence-electron chi connectivity index (χ0n) is 10.6. The zero-order chi connectivity index (χ0) is 11.8. The fourth-order valence-corrected chi connectivity index (χ4v) is 1.57. The molecule has 0 amide bonds. The van der Waals surface area contributed by atoms with E-state index in [9.17, 15) is 0 Å². The van der Waals surface area contributed by atoms with Gasteiger partial charge in [0.05, 0.1) is 0 Å². The molecule has 0 spiro atoms. The van der Waals surface area contributed by atoms with Crippen LogP contribution >= 0.6 is 0 Å². The summed E-state index contributed by atoms with van der Waals surface area (Å²) in [6, 6.07) is 11.0. The summed E-state index contributed by atoms with van der Waals surface area (Å²) in [5, 5.41) is 3.52. The lowest BCUT2D eigenvalue weighted by molar-refractivity contribution is 0.404. The third-order valence-electron chi connectivity index (χ3n) is 3.17. The van der Waals surface area contributed by atoms with Crippen LogP contribution in [0.5, 0.6) is 0 Å². The molecule has 0 heterocycles. The van der Waals surface area contributed by atoms with Gasteiger partial charge < -0.3 is 5.32 Å². The Kier molecular flexibility index (Phi) is 5.87. The van der Waals surface area contributed by atoms with Crippen molar-refractivity contribution in [2.45, 2.75) is 33.2 Å². The smallest absolute Gasteiger partial charge is 0.0140 e. The number of rotatable bonds is 6. The minimum Gasteiger partial charge on any atom is -0.311 e. The van der Waals surface area contributed by atoms with Gasteiger partial charge in [0.25, 0.3) is 0 Å². The van der Waals surface area contributed by atoms with E-state index in [1.54, 1.807) is 0 Å². The Hall–Kier alpha value is -1.08. The van der Waals surface area contributed by atoms with Crippen LogP contribution in [0.15, 0.2) is 36.4 Å². The summed E-state index contributed by atoms with van der Waals surface area (Å²) >= 11 is 0. The third-order valence-corrected chi connectivity index (χ3v) is 3.17. The predicted octanol–water partition coefficient (Wildman–Crippen LogP) is 3.72. The summed E-state index contributed by atoms with van der Waals surface area (Å²) in [5.74, 6) is 0.741. The first-order valence-electron chi connectivity index (χ1n) is 6.19. The molecule has 0 aliphatic carbocycles. The molecule has 1 aromatic rings. The van der Waals surface area contributed by atoms with E-state index in [0.717, 1.165) is 12.5 Å². The molecule has 0 fully saturated rings. The molecule has 0 bridgehead atoms. The van der Waals surface area contributed by atoms with Gasteiger partial charge in [0.2, 0.25) is 0 Å². The molecule has 2 atom stereocenters. The molecule has 1 nitrogen and oxygen atoms in total. The lowest BCUT2D eigenvalue weighted by atomic mass is 10.0. The van der Waals surface area contributed by atoms with Crippen molar-refractivity contribution in [3.63, 3.8) is 0 Å². The number of hydrogen-bond acceptors (Lipinski definition) is 1. The van der Waals surface area contributed by atoms with Gasteiger partial charge in [-0.25, -0.2) is 0 Å². The average molecular weight is 217 g/mol. The molecule has 1 heteroatoms. The van der Waals surface area contributed by atoms with Crippen LogP contribution in [0.3, 0.4) is 0 Å².